The van der Waals surface area contributed by atoms with Crippen LogP contribution in [0.3, 0.4) is 0 Å². The molecule has 1 atom stereocenters. The molecule has 5 rings (SSSR count). The van der Waals surface area contributed by atoms with Crippen molar-refractivity contribution in [3.63, 3.8) is 0 Å². The number of rotatable bonds is 2. The zero-order valence-corrected chi connectivity index (χ0v) is 15.1. The zero-order valence-electron chi connectivity index (χ0n) is 15.1. The third kappa shape index (κ3) is 2.39. The van der Waals surface area contributed by atoms with Crippen LogP contribution in [0.1, 0.15) is 55.7 Å². The lowest BCUT2D eigenvalue weighted by Gasteiger charge is -2.49. The monoisotopic (exact) mass is 348 g/mol. The molecular formula is C22H24N2O2. The zero-order chi connectivity index (χ0) is 17.6. The summed E-state index contributed by atoms with van der Waals surface area (Å²) in [7, 11) is 1.71. The number of hydrazone groups is 1. The minimum atomic E-state index is -0.291. The molecule has 134 valence electrons. The van der Waals surface area contributed by atoms with Crippen molar-refractivity contribution in [3.05, 3.63) is 59.7 Å². The summed E-state index contributed by atoms with van der Waals surface area (Å²) in [5.74, 6) is 1.87. The summed E-state index contributed by atoms with van der Waals surface area (Å²) in [6.07, 6.45) is 6.68. The lowest BCUT2D eigenvalue weighted by atomic mass is 9.86. The van der Waals surface area contributed by atoms with Crippen molar-refractivity contribution in [2.24, 2.45) is 5.10 Å². The van der Waals surface area contributed by atoms with Crippen LogP contribution in [-0.2, 0) is 0 Å². The lowest BCUT2D eigenvalue weighted by molar-refractivity contribution is -0.140. The average molecular weight is 348 g/mol. The van der Waals surface area contributed by atoms with Crippen molar-refractivity contribution in [2.45, 2.75) is 50.3 Å². The molecule has 0 saturated heterocycles. The molecule has 1 saturated carbocycles. The third-order valence-electron chi connectivity index (χ3n) is 5.95. The first-order valence-corrected chi connectivity index (χ1v) is 9.58. The van der Waals surface area contributed by atoms with Crippen LogP contribution < -0.4 is 9.47 Å². The van der Waals surface area contributed by atoms with E-state index in [1.54, 1.807) is 7.11 Å². The third-order valence-corrected chi connectivity index (χ3v) is 5.95. The summed E-state index contributed by atoms with van der Waals surface area (Å²) in [6.45, 7) is 0. The molecule has 1 spiro atoms. The van der Waals surface area contributed by atoms with Gasteiger partial charge in [0.15, 0.2) is 5.72 Å². The summed E-state index contributed by atoms with van der Waals surface area (Å²) in [5, 5.41) is 7.37. The molecule has 2 heterocycles. The van der Waals surface area contributed by atoms with Gasteiger partial charge in [0, 0.05) is 24.8 Å². The van der Waals surface area contributed by atoms with Crippen molar-refractivity contribution in [3.8, 4) is 11.5 Å². The number of hydrogen-bond donors (Lipinski definition) is 0. The van der Waals surface area contributed by atoms with E-state index in [0.717, 1.165) is 36.5 Å². The van der Waals surface area contributed by atoms with Gasteiger partial charge in [0.2, 0.25) is 0 Å². The predicted molar refractivity (Wildman–Crippen MR) is 102 cm³/mol. The Morgan fingerprint density at radius 2 is 1.88 bits per heavy atom. The van der Waals surface area contributed by atoms with Crippen molar-refractivity contribution >= 4 is 5.71 Å². The molecule has 1 aliphatic carbocycles. The maximum absolute atomic E-state index is 6.62. The van der Waals surface area contributed by atoms with Gasteiger partial charge in [-0.2, -0.15) is 5.10 Å². The number of fused-ring (bicyclic) bond motifs is 4. The van der Waals surface area contributed by atoms with Crippen LogP contribution in [0.5, 0.6) is 11.5 Å². The molecule has 2 aromatic rings. The molecule has 4 nitrogen and oxygen atoms in total. The van der Waals surface area contributed by atoms with Crippen LogP contribution in [0.15, 0.2) is 53.6 Å². The van der Waals surface area contributed by atoms with Crippen LogP contribution in [0.2, 0.25) is 0 Å². The van der Waals surface area contributed by atoms with E-state index < -0.39 is 0 Å². The van der Waals surface area contributed by atoms with E-state index in [1.807, 2.05) is 6.07 Å². The SMILES string of the molecule is COc1ccc2c(c1)C1CC(c3ccccc3)=NN1C1(CCCCC1)O2. The summed E-state index contributed by atoms with van der Waals surface area (Å²) < 4.78 is 12.1. The fourth-order valence-electron chi connectivity index (χ4n) is 4.63. The van der Waals surface area contributed by atoms with Crippen molar-refractivity contribution in [2.75, 3.05) is 7.11 Å². The Morgan fingerprint density at radius 3 is 2.65 bits per heavy atom. The second-order valence-electron chi connectivity index (χ2n) is 7.49. The van der Waals surface area contributed by atoms with Gasteiger partial charge >= 0.3 is 0 Å². The Hall–Kier alpha value is -2.49. The summed E-state index contributed by atoms with van der Waals surface area (Å²) in [6, 6.07) is 16.9. The molecule has 0 aromatic heterocycles. The van der Waals surface area contributed by atoms with Gasteiger partial charge in [-0.25, -0.2) is 5.01 Å². The van der Waals surface area contributed by atoms with Crippen LogP contribution >= 0.6 is 0 Å². The van der Waals surface area contributed by atoms with Gasteiger partial charge in [-0.1, -0.05) is 36.8 Å². The van der Waals surface area contributed by atoms with E-state index in [-0.39, 0.29) is 11.8 Å². The number of ether oxygens (including phenoxy) is 2. The largest absolute Gasteiger partial charge is 0.497 e. The van der Waals surface area contributed by atoms with E-state index in [0.29, 0.717) is 0 Å². The molecule has 0 amide bonds. The highest BCUT2D eigenvalue weighted by molar-refractivity contribution is 6.01. The fourth-order valence-corrected chi connectivity index (χ4v) is 4.63. The molecule has 4 heteroatoms. The average Bonchev–Trinajstić information content (AvgIpc) is 3.16. The minimum absolute atomic E-state index is 0.224. The van der Waals surface area contributed by atoms with Crippen LogP contribution in [0, 0.1) is 0 Å². The first-order valence-electron chi connectivity index (χ1n) is 9.58. The van der Waals surface area contributed by atoms with Gasteiger partial charge in [-0.3, -0.25) is 0 Å². The molecule has 2 aliphatic heterocycles. The number of methoxy groups -OCH3 is 1. The number of nitrogens with zero attached hydrogens (tertiary/aromatic N) is 2. The second-order valence-corrected chi connectivity index (χ2v) is 7.49. The molecule has 1 unspecified atom stereocenters. The first-order chi connectivity index (χ1) is 12.8. The summed E-state index contributed by atoms with van der Waals surface area (Å²) in [5.41, 5.74) is 3.26. The molecule has 1 fully saturated rings. The maximum atomic E-state index is 6.62. The predicted octanol–water partition coefficient (Wildman–Crippen LogP) is 4.90. The van der Waals surface area contributed by atoms with Gasteiger partial charge in [0.05, 0.1) is 18.9 Å². The molecule has 0 bridgehead atoms. The fraction of sp³-hybridized carbons (Fsp3) is 0.409. The Morgan fingerprint density at radius 1 is 1.08 bits per heavy atom. The Labute approximate surface area is 154 Å². The van der Waals surface area contributed by atoms with Crippen molar-refractivity contribution < 1.29 is 9.47 Å². The minimum Gasteiger partial charge on any atom is -0.497 e. The topological polar surface area (TPSA) is 34.1 Å². The van der Waals surface area contributed by atoms with Gasteiger partial charge in [0.25, 0.3) is 0 Å². The van der Waals surface area contributed by atoms with Crippen molar-refractivity contribution in [1.29, 1.82) is 0 Å². The quantitative estimate of drug-likeness (QED) is 0.774. The van der Waals surface area contributed by atoms with Gasteiger partial charge in [-0.15, -0.1) is 0 Å². The van der Waals surface area contributed by atoms with E-state index in [1.165, 1.54) is 30.4 Å². The number of benzene rings is 2. The second kappa shape index (κ2) is 6.04. The molecular weight excluding hydrogens is 324 g/mol. The van der Waals surface area contributed by atoms with Crippen LogP contribution in [0.25, 0.3) is 0 Å². The molecule has 26 heavy (non-hydrogen) atoms. The molecule has 0 radical (unpaired) electrons. The van der Waals surface area contributed by atoms with E-state index >= 15 is 0 Å². The molecule has 2 aromatic carbocycles. The van der Waals surface area contributed by atoms with Crippen LogP contribution in [0.4, 0.5) is 0 Å². The Balaban J connectivity index is 1.60. The van der Waals surface area contributed by atoms with Crippen molar-refractivity contribution in [1.82, 2.24) is 5.01 Å². The maximum Gasteiger partial charge on any atom is 0.198 e. The lowest BCUT2D eigenvalue weighted by Crippen LogP contribution is -2.54. The summed E-state index contributed by atoms with van der Waals surface area (Å²) in [4.78, 5) is 0. The normalized spacial score (nSPS) is 23.0. The molecule has 0 N–H and O–H groups in total. The highest BCUT2D eigenvalue weighted by Crippen LogP contribution is 2.51. The highest BCUT2D eigenvalue weighted by Gasteiger charge is 2.50. The summed E-state index contributed by atoms with van der Waals surface area (Å²) >= 11 is 0. The highest BCUT2D eigenvalue weighted by atomic mass is 16.5. The van der Waals surface area contributed by atoms with Crippen LogP contribution in [-0.4, -0.2) is 23.6 Å². The smallest absolute Gasteiger partial charge is 0.198 e. The van der Waals surface area contributed by atoms with Gasteiger partial charge < -0.3 is 9.47 Å². The van der Waals surface area contributed by atoms with E-state index in [9.17, 15) is 0 Å². The van der Waals surface area contributed by atoms with Gasteiger partial charge in [-0.05, 0) is 36.6 Å². The number of hydrogen-bond acceptors (Lipinski definition) is 4. The molecule has 3 aliphatic rings. The Kier molecular flexibility index (Phi) is 3.66. The first kappa shape index (κ1) is 15.7. The Bertz CT molecular complexity index is 840. The standard InChI is InChI=1S/C22H24N2O2/c1-25-17-10-11-21-18(14-17)20-15-19(16-8-4-2-5-9-16)23-24(20)22(26-21)12-6-3-7-13-22/h2,4-5,8-11,14,20H,3,6-7,12-13,15H2,1H3. The van der Waals surface area contributed by atoms with Gasteiger partial charge in [0.1, 0.15) is 11.5 Å². The van der Waals surface area contributed by atoms with E-state index in [4.69, 9.17) is 14.6 Å². The van der Waals surface area contributed by atoms with E-state index in [2.05, 4.69) is 47.5 Å².